The molecule has 25 heavy (non-hydrogen) atoms. The number of anilines is 1. The maximum atomic E-state index is 12.5. The second-order valence-electron chi connectivity index (χ2n) is 5.40. The first-order chi connectivity index (χ1) is 11.8. The van der Waals surface area contributed by atoms with Gasteiger partial charge in [0.05, 0.1) is 19.8 Å². The standard InChI is InChI=1S/C18H19IN2O3S/c1-10-7-12(8-11(2)16(10)19)20-18(25)21-17(22)14-6-5-13(23-3)9-15(14)24-4/h5-9H,1-4H3,(H2,20,21,22,25). The Balaban J connectivity index is 2.12. The smallest absolute Gasteiger partial charge is 0.261 e. The van der Waals surface area contributed by atoms with Crippen molar-refractivity contribution in [3.8, 4) is 11.5 Å². The molecule has 2 N–H and O–H groups in total. The predicted molar refractivity (Wildman–Crippen MR) is 112 cm³/mol. The van der Waals surface area contributed by atoms with Gasteiger partial charge in [0, 0.05) is 15.3 Å². The molecule has 0 saturated heterocycles. The van der Waals surface area contributed by atoms with Gasteiger partial charge < -0.3 is 14.8 Å². The zero-order valence-electron chi connectivity index (χ0n) is 14.4. The normalized spacial score (nSPS) is 10.1. The summed E-state index contributed by atoms with van der Waals surface area (Å²) in [6, 6.07) is 8.95. The summed E-state index contributed by atoms with van der Waals surface area (Å²) in [6.45, 7) is 4.06. The molecule has 2 aromatic rings. The van der Waals surface area contributed by atoms with Crippen molar-refractivity contribution in [3.05, 3.63) is 50.6 Å². The first kappa shape index (κ1) is 19.5. The first-order valence-electron chi connectivity index (χ1n) is 7.46. The first-order valence-corrected chi connectivity index (χ1v) is 8.95. The minimum Gasteiger partial charge on any atom is -0.497 e. The molecular weight excluding hydrogens is 451 g/mol. The summed E-state index contributed by atoms with van der Waals surface area (Å²) in [5, 5.41) is 5.94. The van der Waals surface area contributed by atoms with Crippen LogP contribution in [0.5, 0.6) is 11.5 Å². The molecule has 0 radical (unpaired) electrons. The van der Waals surface area contributed by atoms with Gasteiger partial charge in [-0.2, -0.15) is 0 Å². The van der Waals surface area contributed by atoms with Crippen LogP contribution in [0.3, 0.4) is 0 Å². The maximum Gasteiger partial charge on any atom is 0.261 e. The topological polar surface area (TPSA) is 59.6 Å². The van der Waals surface area contributed by atoms with Gasteiger partial charge in [-0.1, -0.05) is 0 Å². The summed E-state index contributed by atoms with van der Waals surface area (Å²) in [5.41, 5.74) is 3.51. The lowest BCUT2D eigenvalue weighted by Crippen LogP contribution is -2.34. The van der Waals surface area contributed by atoms with Gasteiger partial charge in [0.25, 0.3) is 5.91 Å². The lowest BCUT2D eigenvalue weighted by Gasteiger charge is -2.14. The minimum absolute atomic E-state index is 0.225. The van der Waals surface area contributed by atoms with Crippen LogP contribution in [0, 0.1) is 17.4 Å². The quantitative estimate of drug-likeness (QED) is 0.522. The van der Waals surface area contributed by atoms with Crippen LogP contribution < -0.4 is 20.1 Å². The number of nitrogens with one attached hydrogen (secondary N) is 2. The Kier molecular flexibility index (Phi) is 6.60. The lowest BCUT2D eigenvalue weighted by molar-refractivity contribution is 0.0974. The molecule has 7 heteroatoms. The molecule has 0 aliphatic rings. The van der Waals surface area contributed by atoms with Gasteiger partial charge in [0.15, 0.2) is 5.11 Å². The van der Waals surface area contributed by atoms with Crippen molar-refractivity contribution in [2.24, 2.45) is 0 Å². The number of rotatable bonds is 4. The molecule has 0 bridgehead atoms. The largest absolute Gasteiger partial charge is 0.497 e. The van der Waals surface area contributed by atoms with Crippen molar-refractivity contribution in [3.63, 3.8) is 0 Å². The Morgan fingerprint density at radius 3 is 2.28 bits per heavy atom. The molecule has 0 spiro atoms. The third kappa shape index (κ3) is 4.82. The van der Waals surface area contributed by atoms with E-state index in [4.69, 9.17) is 21.7 Å². The fourth-order valence-electron chi connectivity index (χ4n) is 2.34. The zero-order chi connectivity index (χ0) is 18.6. The highest BCUT2D eigenvalue weighted by molar-refractivity contribution is 14.1. The summed E-state index contributed by atoms with van der Waals surface area (Å²) >= 11 is 7.56. The van der Waals surface area contributed by atoms with Crippen LogP contribution in [-0.2, 0) is 0 Å². The average Bonchev–Trinajstić information content (AvgIpc) is 2.58. The molecule has 132 valence electrons. The van der Waals surface area contributed by atoms with Crippen LogP contribution in [0.4, 0.5) is 5.69 Å². The number of carbonyl (C=O) groups is 1. The van der Waals surface area contributed by atoms with E-state index in [1.807, 2.05) is 26.0 Å². The Morgan fingerprint density at radius 2 is 1.72 bits per heavy atom. The molecule has 1 amide bonds. The fraction of sp³-hybridized carbons (Fsp3) is 0.222. The Morgan fingerprint density at radius 1 is 1.08 bits per heavy atom. The van der Waals surface area contributed by atoms with E-state index in [1.165, 1.54) is 10.7 Å². The monoisotopic (exact) mass is 470 g/mol. The number of hydrogen-bond acceptors (Lipinski definition) is 4. The van der Waals surface area contributed by atoms with Gasteiger partial charge in [0.2, 0.25) is 0 Å². The number of hydrogen-bond donors (Lipinski definition) is 2. The molecule has 0 atom stereocenters. The number of amides is 1. The lowest BCUT2D eigenvalue weighted by atomic mass is 10.1. The van der Waals surface area contributed by atoms with Gasteiger partial charge in [0.1, 0.15) is 11.5 Å². The van der Waals surface area contributed by atoms with Crippen molar-refractivity contribution in [2.45, 2.75) is 13.8 Å². The number of carbonyl (C=O) groups excluding carboxylic acids is 1. The molecule has 0 saturated carbocycles. The number of aryl methyl sites for hydroxylation is 2. The Bertz CT molecular complexity index is 801. The molecular formula is C18H19IN2O3S. The van der Waals surface area contributed by atoms with E-state index in [0.717, 1.165) is 16.8 Å². The number of methoxy groups -OCH3 is 2. The number of benzene rings is 2. The fourth-order valence-corrected chi connectivity index (χ4v) is 2.86. The molecule has 2 rings (SSSR count). The van der Waals surface area contributed by atoms with E-state index in [0.29, 0.717) is 17.1 Å². The van der Waals surface area contributed by atoms with Crippen molar-refractivity contribution >= 4 is 51.5 Å². The molecule has 0 aliphatic carbocycles. The third-order valence-corrected chi connectivity index (χ3v) is 5.48. The van der Waals surface area contributed by atoms with E-state index in [1.54, 1.807) is 25.3 Å². The van der Waals surface area contributed by atoms with Crippen molar-refractivity contribution in [2.75, 3.05) is 19.5 Å². The summed E-state index contributed by atoms with van der Waals surface area (Å²) < 4.78 is 11.6. The number of halogens is 1. The zero-order valence-corrected chi connectivity index (χ0v) is 17.4. The summed E-state index contributed by atoms with van der Waals surface area (Å²) in [6.07, 6.45) is 0. The average molecular weight is 470 g/mol. The molecule has 0 heterocycles. The second kappa shape index (κ2) is 8.48. The van der Waals surface area contributed by atoms with Gasteiger partial charge >= 0.3 is 0 Å². The van der Waals surface area contributed by atoms with Crippen molar-refractivity contribution in [1.82, 2.24) is 5.32 Å². The molecule has 0 fully saturated rings. The van der Waals surface area contributed by atoms with Crippen LogP contribution in [0.1, 0.15) is 21.5 Å². The Labute approximate surface area is 166 Å². The molecule has 0 aliphatic heterocycles. The van der Waals surface area contributed by atoms with Gasteiger partial charge in [-0.25, -0.2) is 0 Å². The van der Waals surface area contributed by atoms with Crippen molar-refractivity contribution < 1.29 is 14.3 Å². The molecule has 2 aromatic carbocycles. The predicted octanol–water partition coefficient (Wildman–Crippen LogP) is 4.05. The molecule has 5 nitrogen and oxygen atoms in total. The highest BCUT2D eigenvalue weighted by atomic mass is 127. The van der Waals surface area contributed by atoms with E-state index in [-0.39, 0.29) is 11.0 Å². The molecule has 0 aromatic heterocycles. The summed E-state index contributed by atoms with van der Waals surface area (Å²) in [4.78, 5) is 12.5. The number of ether oxygens (including phenoxy) is 2. The maximum absolute atomic E-state index is 12.5. The van der Waals surface area contributed by atoms with Crippen molar-refractivity contribution in [1.29, 1.82) is 0 Å². The highest BCUT2D eigenvalue weighted by Crippen LogP contribution is 2.25. The van der Waals surface area contributed by atoms with E-state index >= 15 is 0 Å². The van der Waals surface area contributed by atoms with Crippen LogP contribution in [0.2, 0.25) is 0 Å². The highest BCUT2D eigenvalue weighted by Gasteiger charge is 2.15. The van der Waals surface area contributed by atoms with E-state index in [9.17, 15) is 4.79 Å². The van der Waals surface area contributed by atoms with Gasteiger partial charge in [-0.05, 0) is 84.0 Å². The minimum atomic E-state index is -0.351. The van der Waals surface area contributed by atoms with Crippen LogP contribution in [0.25, 0.3) is 0 Å². The van der Waals surface area contributed by atoms with E-state index in [2.05, 4.69) is 33.2 Å². The third-order valence-electron chi connectivity index (χ3n) is 3.57. The Hall–Kier alpha value is -1.87. The second-order valence-corrected chi connectivity index (χ2v) is 6.89. The SMILES string of the molecule is COc1ccc(C(=O)NC(=S)Nc2cc(C)c(I)c(C)c2)c(OC)c1. The summed E-state index contributed by atoms with van der Waals surface area (Å²) in [5.74, 6) is 0.676. The van der Waals surface area contributed by atoms with E-state index < -0.39 is 0 Å². The van der Waals surface area contributed by atoms with Gasteiger partial charge in [-0.3, -0.25) is 10.1 Å². The van der Waals surface area contributed by atoms with Crippen LogP contribution in [0.15, 0.2) is 30.3 Å². The van der Waals surface area contributed by atoms with Crippen LogP contribution in [-0.4, -0.2) is 25.2 Å². The van der Waals surface area contributed by atoms with Crippen LogP contribution >= 0.6 is 34.8 Å². The number of thiocarbonyl (C=S) groups is 1. The van der Waals surface area contributed by atoms with Gasteiger partial charge in [-0.15, -0.1) is 0 Å². The molecule has 0 unspecified atom stereocenters. The summed E-state index contributed by atoms with van der Waals surface area (Å²) in [7, 11) is 3.05.